The summed E-state index contributed by atoms with van der Waals surface area (Å²) in [5, 5.41) is 0. The van der Waals surface area contributed by atoms with Gasteiger partial charge in [0.2, 0.25) is 5.91 Å². The van der Waals surface area contributed by atoms with E-state index in [9.17, 15) is 4.79 Å². The number of carbonyl (C=O) groups is 1. The molecule has 0 aromatic rings. The highest BCUT2D eigenvalue weighted by atomic mass is 16.1. The van der Waals surface area contributed by atoms with Gasteiger partial charge in [-0.3, -0.25) is 4.79 Å². The summed E-state index contributed by atoms with van der Waals surface area (Å²) in [4.78, 5) is 13.9. The molecule has 0 N–H and O–H groups in total. The maximum absolute atomic E-state index is 10.2. The van der Waals surface area contributed by atoms with E-state index in [1.807, 2.05) is 13.8 Å². The maximum Gasteiger partial charge on any atom is 0.242 e. The third kappa shape index (κ3) is 3.53. The molecular weight excluding hydrogens is 102 g/mol. The molecule has 0 saturated heterocycles. The van der Waals surface area contributed by atoms with E-state index < -0.39 is 0 Å². The molecule has 8 heavy (non-hydrogen) atoms. The smallest absolute Gasteiger partial charge is 0.242 e. The summed E-state index contributed by atoms with van der Waals surface area (Å²) < 4.78 is 0. The fourth-order valence-corrected chi connectivity index (χ4v) is 0.348. The number of hydrogen-bond donors (Lipinski definition) is 0. The highest BCUT2D eigenvalue weighted by Crippen LogP contribution is 1.83. The van der Waals surface area contributed by atoms with Gasteiger partial charge >= 0.3 is 0 Å². The van der Waals surface area contributed by atoms with Crippen molar-refractivity contribution < 1.29 is 4.79 Å². The summed E-state index contributed by atoms with van der Waals surface area (Å²) in [6.45, 7) is 5.28. The Morgan fingerprint density at radius 3 is 2.12 bits per heavy atom. The van der Waals surface area contributed by atoms with Crippen LogP contribution >= 0.6 is 0 Å². The summed E-state index contributed by atoms with van der Waals surface area (Å²) in [6.07, 6.45) is 0.861. The van der Waals surface area contributed by atoms with Crippen molar-refractivity contribution in [2.45, 2.75) is 27.2 Å². The van der Waals surface area contributed by atoms with Crippen molar-refractivity contribution >= 4 is 11.6 Å². The second kappa shape index (κ2) is 3.36. The van der Waals surface area contributed by atoms with Gasteiger partial charge in [-0.2, -0.15) is 0 Å². The lowest BCUT2D eigenvalue weighted by molar-refractivity contribution is -0.115. The second-order valence-electron chi connectivity index (χ2n) is 1.72. The molecule has 0 spiro atoms. The van der Waals surface area contributed by atoms with Gasteiger partial charge in [0.15, 0.2) is 0 Å². The van der Waals surface area contributed by atoms with Crippen LogP contribution in [0.25, 0.3) is 0 Å². The first kappa shape index (κ1) is 7.34. The molecule has 2 nitrogen and oxygen atoms in total. The van der Waals surface area contributed by atoms with Crippen LogP contribution in [-0.4, -0.2) is 11.6 Å². The van der Waals surface area contributed by atoms with Crippen molar-refractivity contribution in [3.8, 4) is 0 Å². The van der Waals surface area contributed by atoms with E-state index in [1.165, 1.54) is 6.92 Å². The number of carbonyl (C=O) groups excluding carboxylic acids is 1. The first-order valence-electron chi connectivity index (χ1n) is 2.71. The Kier molecular flexibility index (Phi) is 3.08. The number of aliphatic imine (C=N–C) groups is 1. The van der Waals surface area contributed by atoms with Gasteiger partial charge in [-0.25, -0.2) is 4.99 Å². The molecule has 0 unspecified atom stereocenters. The van der Waals surface area contributed by atoms with E-state index in [-0.39, 0.29) is 5.91 Å². The van der Waals surface area contributed by atoms with Crippen molar-refractivity contribution in [2.24, 2.45) is 4.99 Å². The Hall–Kier alpha value is -0.660. The molecule has 0 aliphatic heterocycles. The predicted octanol–water partition coefficient (Wildman–Crippen LogP) is 1.40. The zero-order chi connectivity index (χ0) is 6.57. The molecule has 0 bridgehead atoms. The molecule has 2 heteroatoms. The SMILES string of the molecule is CC/C(C)=N\C(C)=O. The lowest BCUT2D eigenvalue weighted by Crippen LogP contribution is -1.92. The fraction of sp³-hybridized carbons (Fsp3) is 0.667. The van der Waals surface area contributed by atoms with Crippen molar-refractivity contribution in [2.75, 3.05) is 0 Å². The molecule has 1 amide bonds. The topological polar surface area (TPSA) is 29.4 Å². The molecule has 0 aliphatic carbocycles. The molecule has 0 fully saturated rings. The van der Waals surface area contributed by atoms with Gasteiger partial charge in [0, 0.05) is 12.6 Å². The number of hydrogen-bond acceptors (Lipinski definition) is 1. The molecule has 0 rings (SSSR count). The van der Waals surface area contributed by atoms with Crippen molar-refractivity contribution in [1.82, 2.24) is 0 Å². The largest absolute Gasteiger partial charge is 0.273 e. The minimum absolute atomic E-state index is 0.107. The van der Waals surface area contributed by atoms with E-state index in [0.29, 0.717) is 0 Å². The van der Waals surface area contributed by atoms with Crippen molar-refractivity contribution in [1.29, 1.82) is 0 Å². The quantitative estimate of drug-likeness (QED) is 0.472. The monoisotopic (exact) mass is 113 g/mol. The van der Waals surface area contributed by atoms with Crippen LogP contribution in [0.4, 0.5) is 0 Å². The van der Waals surface area contributed by atoms with Gasteiger partial charge in [0.25, 0.3) is 0 Å². The summed E-state index contributed by atoms with van der Waals surface area (Å²) in [7, 11) is 0. The number of amides is 1. The van der Waals surface area contributed by atoms with E-state index in [4.69, 9.17) is 0 Å². The van der Waals surface area contributed by atoms with Crippen molar-refractivity contribution in [3.63, 3.8) is 0 Å². The number of nitrogens with zero attached hydrogens (tertiary/aromatic N) is 1. The molecule has 0 atom stereocenters. The Morgan fingerprint density at radius 2 is 2.00 bits per heavy atom. The van der Waals surface area contributed by atoms with Gasteiger partial charge in [-0.1, -0.05) is 6.92 Å². The second-order valence-corrected chi connectivity index (χ2v) is 1.72. The van der Waals surface area contributed by atoms with Gasteiger partial charge in [0.1, 0.15) is 0 Å². The summed E-state index contributed by atoms with van der Waals surface area (Å²) in [5.41, 5.74) is 0.900. The Balaban J connectivity index is 3.75. The van der Waals surface area contributed by atoms with Crippen molar-refractivity contribution in [3.05, 3.63) is 0 Å². The number of rotatable bonds is 1. The molecule has 0 aromatic carbocycles. The Morgan fingerprint density at radius 1 is 1.50 bits per heavy atom. The normalized spacial score (nSPS) is 11.6. The third-order valence-corrected chi connectivity index (χ3v) is 0.860. The average Bonchev–Trinajstić information content (AvgIpc) is 1.65. The van der Waals surface area contributed by atoms with E-state index >= 15 is 0 Å². The van der Waals surface area contributed by atoms with Gasteiger partial charge in [0.05, 0.1) is 0 Å². The van der Waals surface area contributed by atoms with Crippen LogP contribution in [0.2, 0.25) is 0 Å². The molecule has 0 aromatic heterocycles. The Labute approximate surface area is 49.6 Å². The zero-order valence-corrected chi connectivity index (χ0v) is 5.56. The van der Waals surface area contributed by atoms with Crippen LogP contribution in [0.1, 0.15) is 27.2 Å². The minimum atomic E-state index is -0.107. The minimum Gasteiger partial charge on any atom is -0.273 e. The fourth-order valence-electron chi connectivity index (χ4n) is 0.348. The van der Waals surface area contributed by atoms with Crippen LogP contribution < -0.4 is 0 Å². The zero-order valence-electron chi connectivity index (χ0n) is 5.56. The van der Waals surface area contributed by atoms with Crippen LogP contribution in [0.3, 0.4) is 0 Å². The van der Waals surface area contributed by atoms with Crippen LogP contribution in [0, 0.1) is 0 Å². The van der Waals surface area contributed by atoms with Crippen LogP contribution in [0.5, 0.6) is 0 Å². The molecule has 0 aliphatic rings. The van der Waals surface area contributed by atoms with Gasteiger partial charge < -0.3 is 0 Å². The first-order chi connectivity index (χ1) is 3.66. The standard InChI is InChI=1S/C6H11NO/c1-4-5(2)7-6(3)8/h4H2,1-3H3/b7-5-. The maximum atomic E-state index is 10.2. The average molecular weight is 113 g/mol. The summed E-state index contributed by atoms with van der Waals surface area (Å²) in [5.74, 6) is -0.107. The lowest BCUT2D eigenvalue weighted by atomic mass is 10.3. The highest BCUT2D eigenvalue weighted by molar-refractivity contribution is 5.93. The summed E-state index contributed by atoms with van der Waals surface area (Å²) in [6, 6.07) is 0. The predicted molar refractivity (Wildman–Crippen MR) is 34.1 cm³/mol. The third-order valence-electron chi connectivity index (χ3n) is 0.860. The summed E-state index contributed by atoms with van der Waals surface area (Å²) >= 11 is 0. The van der Waals surface area contributed by atoms with Crippen LogP contribution in [-0.2, 0) is 4.79 Å². The molecule has 46 valence electrons. The molecule has 0 radical (unpaired) electrons. The van der Waals surface area contributed by atoms with E-state index in [2.05, 4.69) is 4.99 Å². The van der Waals surface area contributed by atoms with E-state index in [1.54, 1.807) is 0 Å². The van der Waals surface area contributed by atoms with Gasteiger partial charge in [-0.05, 0) is 13.3 Å². The Bertz CT molecular complexity index is 116. The first-order valence-corrected chi connectivity index (χ1v) is 2.71. The van der Waals surface area contributed by atoms with Gasteiger partial charge in [-0.15, -0.1) is 0 Å². The molecule has 0 saturated carbocycles. The molecule has 0 heterocycles. The highest BCUT2D eigenvalue weighted by Gasteiger charge is 1.86. The lowest BCUT2D eigenvalue weighted by Gasteiger charge is -1.87. The van der Waals surface area contributed by atoms with Crippen LogP contribution in [0.15, 0.2) is 4.99 Å². The van der Waals surface area contributed by atoms with E-state index in [0.717, 1.165) is 12.1 Å². The molecular formula is C6H11NO.